The number of para-hydroxylation sites is 2. The van der Waals surface area contributed by atoms with Gasteiger partial charge in [-0.1, -0.05) is 42.5 Å². The second-order valence-corrected chi connectivity index (χ2v) is 8.39. The van der Waals surface area contributed by atoms with E-state index in [1.807, 2.05) is 48.5 Å². The predicted molar refractivity (Wildman–Crippen MR) is 131 cm³/mol. The minimum absolute atomic E-state index is 0.0664. The third-order valence-electron chi connectivity index (χ3n) is 6.19. The Hall–Kier alpha value is -4.78. The van der Waals surface area contributed by atoms with Crippen LogP contribution in [0, 0.1) is 0 Å². The van der Waals surface area contributed by atoms with Crippen molar-refractivity contribution in [2.45, 2.75) is 6.61 Å². The van der Waals surface area contributed by atoms with Crippen LogP contribution in [0.4, 0.5) is 0 Å². The van der Waals surface area contributed by atoms with Crippen molar-refractivity contribution >= 4 is 33.6 Å². The number of aromatic hydroxyl groups is 1. The highest BCUT2D eigenvalue weighted by molar-refractivity contribution is 6.31. The minimum Gasteiger partial charge on any atom is -0.504 e. The van der Waals surface area contributed by atoms with Crippen LogP contribution in [-0.2, 0) is 6.61 Å². The third-order valence-corrected chi connectivity index (χ3v) is 6.19. The van der Waals surface area contributed by atoms with Gasteiger partial charge in [0.1, 0.15) is 18.1 Å². The van der Waals surface area contributed by atoms with Crippen LogP contribution in [0.1, 0.15) is 26.3 Å². The summed E-state index contributed by atoms with van der Waals surface area (Å²) in [6, 6.07) is 23.6. The van der Waals surface area contributed by atoms with Crippen LogP contribution in [0.5, 0.6) is 23.0 Å². The maximum absolute atomic E-state index is 13.1. The molecular formula is C28H20N2O5. The number of ether oxygens (including phenoxy) is 2. The molecule has 1 aromatic heterocycles. The topological polar surface area (TPSA) is 91.9 Å². The fourth-order valence-corrected chi connectivity index (χ4v) is 4.45. The molecule has 0 fully saturated rings. The Labute approximate surface area is 200 Å². The van der Waals surface area contributed by atoms with E-state index in [4.69, 9.17) is 9.47 Å². The van der Waals surface area contributed by atoms with Crippen LogP contribution in [0.25, 0.3) is 21.8 Å². The maximum Gasteiger partial charge on any atom is 0.265 e. The van der Waals surface area contributed by atoms with Crippen LogP contribution in [0.15, 0.2) is 78.9 Å². The molecule has 7 nitrogen and oxygen atoms in total. The Morgan fingerprint density at radius 2 is 1.57 bits per heavy atom. The van der Waals surface area contributed by atoms with Crippen LogP contribution < -0.4 is 9.47 Å². The van der Waals surface area contributed by atoms with Crippen LogP contribution in [0.2, 0.25) is 0 Å². The molecule has 6 rings (SSSR count). The van der Waals surface area contributed by atoms with Gasteiger partial charge >= 0.3 is 0 Å². The van der Waals surface area contributed by atoms with E-state index >= 15 is 0 Å². The number of aromatic amines is 1. The number of hydrogen-bond donors (Lipinski definition) is 2. The summed E-state index contributed by atoms with van der Waals surface area (Å²) in [5.74, 6) is 0.149. The molecular weight excluding hydrogens is 444 g/mol. The Morgan fingerprint density at radius 1 is 0.829 bits per heavy atom. The van der Waals surface area contributed by atoms with Crippen molar-refractivity contribution in [3.05, 3.63) is 95.6 Å². The van der Waals surface area contributed by atoms with Crippen molar-refractivity contribution in [1.29, 1.82) is 0 Å². The normalized spacial score (nSPS) is 13.0. The first-order valence-corrected chi connectivity index (χ1v) is 11.1. The van der Waals surface area contributed by atoms with E-state index in [9.17, 15) is 14.7 Å². The van der Waals surface area contributed by atoms with Crippen molar-refractivity contribution in [3.8, 4) is 23.0 Å². The molecule has 172 valence electrons. The number of imide groups is 1. The molecule has 2 N–H and O–H groups in total. The lowest BCUT2D eigenvalue weighted by atomic mass is 10.0. The molecule has 2 amide bonds. The van der Waals surface area contributed by atoms with Crippen molar-refractivity contribution in [3.63, 3.8) is 0 Å². The van der Waals surface area contributed by atoms with Gasteiger partial charge in [0, 0.05) is 30.0 Å². The molecule has 0 saturated carbocycles. The lowest BCUT2D eigenvalue weighted by Crippen LogP contribution is -2.24. The summed E-state index contributed by atoms with van der Waals surface area (Å²) in [6.07, 6.45) is 0. The summed E-state index contributed by atoms with van der Waals surface area (Å²) in [7, 11) is 1.45. The first kappa shape index (κ1) is 20.8. The van der Waals surface area contributed by atoms with Gasteiger partial charge in [-0.05, 0) is 29.8 Å². The van der Waals surface area contributed by atoms with Gasteiger partial charge in [-0.3, -0.25) is 14.5 Å². The fourth-order valence-electron chi connectivity index (χ4n) is 4.45. The Morgan fingerprint density at radius 3 is 2.37 bits per heavy atom. The molecule has 0 aliphatic carbocycles. The van der Waals surface area contributed by atoms with Crippen molar-refractivity contribution in [2.75, 3.05) is 7.05 Å². The van der Waals surface area contributed by atoms with E-state index in [0.717, 1.165) is 21.4 Å². The molecule has 0 unspecified atom stereocenters. The van der Waals surface area contributed by atoms with Crippen molar-refractivity contribution < 1.29 is 24.2 Å². The molecule has 0 radical (unpaired) electrons. The number of carbonyl (C=O) groups excluding carboxylic acids is 2. The smallest absolute Gasteiger partial charge is 0.265 e. The number of hydrogen-bond acceptors (Lipinski definition) is 5. The van der Waals surface area contributed by atoms with E-state index < -0.39 is 11.8 Å². The zero-order chi connectivity index (χ0) is 24.1. The first-order chi connectivity index (χ1) is 17.0. The van der Waals surface area contributed by atoms with E-state index in [1.54, 1.807) is 24.3 Å². The van der Waals surface area contributed by atoms with E-state index in [2.05, 4.69) is 4.98 Å². The summed E-state index contributed by atoms with van der Waals surface area (Å²) in [6.45, 7) is 0.429. The lowest BCUT2D eigenvalue weighted by Gasteiger charge is -2.11. The maximum atomic E-state index is 13.1. The van der Waals surface area contributed by atoms with Gasteiger partial charge in [-0.2, -0.15) is 0 Å². The van der Waals surface area contributed by atoms with Gasteiger partial charge in [0.25, 0.3) is 11.8 Å². The Kier molecular flexibility index (Phi) is 4.70. The SMILES string of the molecule is CN1C(=O)c2c(Oc3ccccc3O)cc3[nH]c4cc(OCc5ccccc5)ccc4c3c2C1=O. The number of benzene rings is 4. The summed E-state index contributed by atoms with van der Waals surface area (Å²) < 4.78 is 11.9. The van der Waals surface area contributed by atoms with Crippen LogP contribution in [0.3, 0.4) is 0 Å². The predicted octanol–water partition coefficient (Wildman–Crippen LogP) is 5.62. The number of H-pyrrole nitrogens is 1. The number of amides is 2. The number of nitrogens with zero attached hydrogens (tertiary/aromatic N) is 1. The number of phenolic OH excluding ortho intramolecular Hbond substituents is 1. The zero-order valence-electron chi connectivity index (χ0n) is 18.7. The molecule has 0 atom stereocenters. The highest BCUT2D eigenvalue weighted by Gasteiger charge is 2.39. The number of rotatable bonds is 5. The summed E-state index contributed by atoms with van der Waals surface area (Å²) in [5, 5.41) is 11.6. The van der Waals surface area contributed by atoms with Gasteiger partial charge < -0.3 is 19.6 Å². The van der Waals surface area contributed by atoms with Gasteiger partial charge in [-0.25, -0.2) is 0 Å². The largest absolute Gasteiger partial charge is 0.504 e. The summed E-state index contributed by atoms with van der Waals surface area (Å²) in [4.78, 5) is 30.5. The number of aromatic nitrogens is 1. The van der Waals surface area contributed by atoms with E-state index in [1.165, 1.54) is 13.1 Å². The number of phenols is 1. The monoisotopic (exact) mass is 464 g/mol. The highest BCUT2D eigenvalue weighted by atomic mass is 16.5. The average molecular weight is 464 g/mol. The van der Waals surface area contributed by atoms with Gasteiger partial charge in [-0.15, -0.1) is 0 Å². The van der Waals surface area contributed by atoms with Gasteiger partial charge in [0.2, 0.25) is 0 Å². The second-order valence-electron chi connectivity index (χ2n) is 8.39. The molecule has 35 heavy (non-hydrogen) atoms. The first-order valence-electron chi connectivity index (χ1n) is 11.1. The zero-order valence-corrected chi connectivity index (χ0v) is 18.7. The van der Waals surface area contributed by atoms with E-state index in [-0.39, 0.29) is 28.4 Å². The lowest BCUT2D eigenvalue weighted by molar-refractivity contribution is 0.0693. The summed E-state index contributed by atoms with van der Waals surface area (Å²) >= 11 is 0. The molecule has 1 aliphatic heterocycles. The Balaban J connectivity index is 1.48. The molecule has 0 bridgehead atoms. The number of carbonyl (C=O) groups is 2. The second kappa shape index (κ2) is 7.92. The quantitative estimate of drug-likeness (QED) is 0.329. The highest BCUT2D eigenvalue weighted by Crippen LogP contribution is 2.43. The molecule has 4 aromatic carbocycles. The number of fused-ring (bicyclic) bond motifs is 5. The molecule has 0 spiro atoms. The van der Waals surface area contributed by atoms with Crippen molar-refractivity contribution in [2.24, 2.45) is 0 Å². The van der Waals surface area contributed by atoms with Gasteiger partial charge in [0.05, 0.1) is 22.2 Å². The van der Waals surface area contributed by atoms with Crippen molar-refractivity contribution in [1.82, 2.24) is 9.88 Å². The fraction of sp³-hybridized carbons (Fsp3) is 0.0714. The standard InChI is InChI=1S/C28H20N2O5/c1-30-27(32)25-23(35-22-10-6-5-9-21(22)31)14-20-24(26(25)28(30)33)18-12-11-17(13-19(18)29-20)34-15-16-7-3-2-4-8-16/h2-14,29,31H,15H2,1H3. The minimum atomic E-state index is -0.450. The molecule has 5 aromatic rings. The number of nitrogens with one attached hydrogen (secondary N) is 1. The third kappa shape index (κ3) is 3.36. The Bertz CT molecular complexity index is 1640. The average Bonchev–Trinajstić information content (AvgIpc) is 3.34. The molecule has 7 heteroatoms. The molecule has 1 aliphatic rings. The molecule has 0 saturated heterocycles. The van der Waals surface area contributed by atoms with E-state index in [0.29, 0.717) is 23.3 Å². The van der Waals surface area contributed by atoms with Crippen LogP contribution in [-0.4, -0.2) is 33.9 Å². The molecule has 2 heterocycles. The van der Waals surface area contributed by atoms with Crippen LogP contribution >= 0.6 is 0 Å². The van der Waals surface area contributed by atoms with Gasteiger partial charge in [0.15, 0.2) is 11.5 Å². The summed E-state index contributed by atoms with van der Waals surface area (Å²) in [5.41, 5.74) is 2.92.